The molecule has 0 atom stereocenters. The summed E-state index contributed by atoms with van der Waals surface area (Å²) in [6, 6.07) is 1.98. The van der Waals surface area contributed by atoms with Gasteiger partial charge >= 0.3 is 0 Å². The van der Waals surface area contributed by atoms with Crippen LogP contribution in [0.2, 0.25) is 0 Å². The average molecular weight is 194 g/mol. The van der Waals surface area contributed by atoms with Gasteiger partial charge in [-0.2, -0.15) is 0 Å². The molecule has 0 fully saturated rings. The Kier molecular flexibility index (Phi) is 5.05. The lowest BCUT2D eigenvalue weighted by molar-refractivity contribution is -0.107. The number of hydrogen-bond acceptors (Lipinski definition) is 2. The summed E-state index contributed by atoms with van der Waals surface area (Å²) in [5.41, 5.74) is 1.20. The first-order valence-electron chi connectivity index (χ1n) is 5.37. The predicted octanol–water partition coefficient (Wildman–Crippen LogP) is 3.14. The molecule has 0 spiro atoms. The van der Waals surface area contributed by atoms with Gasteiger partial charge in [0.2, 0.25) is 0 Å². The molecule has 2 nitrogen and oxygen atoms in total. The molecule has 1 aromatic heterocycles. The van der Waals surface area contributed by atoms with Crippen molar-refractivity contribution in [2.75, 3.05) is 0 Å². The fraction of sp³-hybridized carbons (Fsp3) is 0.583. The van der Waals surface area contributed by atoms with Crippen molar-refractivity contribution >= 4 is 6.29 Å². The second-order valence-electron chi connectivity index (χ2n) is 3.53. The van der Waals surface area contributed by atoms with Gasteiger partial charge in [0, 0.05) is 12.8 Å². The maximum Gasteiger partial charge on any atom is 0.120 e. The highest BCUT2D eigenvalue weighted by molar-refractivity contribution is 5.50. The summed E-state index contributed by atoms with van der Waals surface area (Å²) in [4.78, 5) is 10.2. The number of carbonyl (C=O) groups excluding carboxylic acids is 1. The van der Waals surface area contributed by atoms with Crippen LogP contribution in [0.1, 0.15) is 43.9 Å². The van der Waals surface area contributed by atoms with Crippen LogP contribution < -0.4 is 0 Å². The Morgan fingerprint density at radius 3 is 2.93 bits per heavy atom. The SMILES string of the molecule is CCCCCc1occc1CCC=O. The second-order valence-corrected chi connectivity index (χ2v) is 3.53. The lowest BCUT2D eigenvalue weighted by atomic mass is 10.1. The van der Waals surface area contributed by atoms with Gasteiger partial charge in [-0.05, 0) is 24.5 Å². The van der Waals surface area contributed by atoms with Crippen LogP contribution in [-0.2, 0) is 17.6 Å². The third kappa shape index (κ3) is 3.36. The minimum absolute atomic E-state index is 0.598. The minimum atomic E-state index is 0.598. The van der Waals surface area contributed by atoms with Crippen LogP contribution in [0.25, 0.3) is 0 Å². The molecular weight excluding hydrogens is 176 g/mol. The van der Waals surface area contributed by atoms with Crippen LogP contribution in [0, 0.1) is 0 Å². The molecule has 0 aromatic carbocycles. The zero-order valence-electron chi connectivity index (χ0n) is 8.79. The molecule has 0 aliphatic rings. The Morgan fingerprint density at radius 1 is 1.36 bits per heavy atom. The number of rotatable bonds is 7. The molecule has 1 rings (SSSR count). The highest BCUT2D eigenvalue weighted by atomic mass is 16.3. The number of aryl methyl sites for hydroxylation is 2. The van der Waals surface area contributed by atoms with E-state index in [4.69, 9.17) is 4.42 Å². The molecule has 0 aliphatic carbocycles. The summed E-state index contributed by atoms with van der Waals surface area (Å²) in [6.07, 6.45) is 8.76. The van der Waals surface area contributed by atoms with E-state index in [1.54, 1.807) is 6.26 Å². The molecule has 0 bridgehead atoms. The van der Waals surface area contributed by atoms with Gasteiger partial charge in [-0.15, -0.1) is 0 Å². The molecule has 78 valence electrons. The second kappa shape index (κ2) is 6.41. The van der Waals surface area contributed by atoms with Crippen molar-refractivity contribution in [3.63, 3.8) is 0 Å². The van der Waals surface area contributed by atoms with Crippen LogP contribution in [0.4, 0.5) is 0 Å². The Morgan fingerprint density at radius 2 is 2.21 bits per heavy atom. The summed E-state index contributed by atoms with van der Waals surface area (Å²) >= 11 is 0. The zero-order valence-corrected chi connectivity index (χ0v) is 8.79. The molecule has 0 saturated heterocycles. The maximum absolute atomic E-state index is 10.2. The Balaban J connectivity index is 2.40. The summed E-state index contributed by atoms with van der Waals surface area (Å²) in [5, 5.41) is 0. The molecule has 14 heavy (non-hydrogen) atoms. The van der Waals surface area contributed by atoms with E-state index in [9.17, 15) is 4.79 Å². The summed E-state index contributed by atoms with van der Waals surface area (Å²) in [7, 11) is 0. The number of furan rings is 1. The minimum Gasteiger partial charge on any atom is -0.469 e. The van der Waals surface area contributed by atoms with Crippen molar-refractivity contribution in [3.8, 4) is 0 Å². The third-order valence-corrected chi connectivity index (χ3v) is 2.38. The van der Waals surface area contributed by atoms with Gasteiger partial charge in [-0.3, -0.25) is 0 Å². The van der Waals surface area contributed by atoms with E-state index in [0.717, 1.165) is 24.9 Å². The van der Waals surface area contributed by atoms with Crippen LogP contribution in [0.5, 0.6) is 0 Å². The Labute approximate surface area is 85.3 Å². The van der Waals surface area contributed by atoms with E-state index >= 15 is 0 Å². The number of aldehydes is 1. The summed E-state index contributed by atoms with van der Waals surface area (Å²) < 4.78 is 5.39. The molecule has 0 radical (unpaired) electrons. The van der Waals surface area contributed by atoms with Crippen LogP contribution >= 0.6 is 0 Å². The first-order chi connectivity index (χ1) is 6.88. The summed E-state index contributed by atoms with van der Waals surface area (Å²) in [5.74, 6) is 1.07. The molecular formula is C12H18O2. The maximum atomic E-state index is 10.2. The predicted molar refractivity (Wildman–Crippen MR) is 56.3 cm³/mol. The summed E-state index contributed by atoms with van der Waals surface area (Å²) in [6.45, 7) is 2.19. The van der Waals surface area contributed by atoms with E-state index in [1.165, 1.54) is 24.8 Å². The zero-order chi connectivity index (χ0) is 10.2. The van der Waals surface area contributed by atoms with Crippen molar-refractivity contribution in [2.45, 2.75) is 45.4 Å². The van der Waals surface area contributed by atoms with Crippen LogP contribution in [0.3, 0.4) is 0 Å². The lowest BCUT2D eigenvalue weighted by Crippen LogP contribution is -1.91. The van der Waals surface area contributed by atoms with E-state index in [0.29, 0.717) is 6.42 Å². The molecule has 1 aromatic rings. The monoisotopic (exact) mass is 194 g/mol. The molecule has 0 unspecified atom stereocenters. The van der Waals surface area contributed by atoms with E-state index < -0.39 is 0 Å². The quantitative estimate of drug-likeness (QED) is 0.493. The van der Waals surface area contributed by atoms with Crippen LogP contribution in [-0.4, -0.2) is 6.29 Å². The van der Waals surface area contributed by atoms with Crippen molar-refractivity contribution in [2.24, 2.45) is 0 Å². The van der Waals surface area contributed by atoms with E-state index in [-0.39, 0.29) is 0 Å². The third-order valence-electron chi connectivity index (χ3n) is 2.38. The first-order valence-corrected chi connectivity index (χ1v) is 5.37. The molecule has 0 amide bonds. The topological polar surface area (TPSA) is 30.2 Å². The van der Waals surface area contributed by atoms with Crippen LogP contribution in [0.15, 0.2) is 16.7 Å². The smallest absolute Gasteiger partial charge is 0.120 e. The van der Waals surface area contributed by atoms with E-state index in [2.05, 4.69) is 6.92 Å². The van der Waals surface area contributed by atoms with Gasteiger partial charge in [-0.25, -0.2) is 0 Å². The average Bonchev–Trinajstić information content (AvgIpc) is 2.63. The Hall–Kier alpha value is -1.05. The molecule has 1 heterocycles. The first kappa shape index (κ1) is 11.0. The number of unbranched alkanes of at least 4 members (excludes halogenated alkanes) is 2. The van der Waals surface area contributed by atoms with Gasteiger partial charge in [0.1, 0.15) is 12.0 Å². The molecule has 2 heteroatoms. The van der Waals surface area contributed by atoms with Crippen molar-refractivity contribution in [1.82, 2.24) is 0 Å². The normalized spacial score (nSPS) is 10.4. The number of hydrogen-bond donors (Lipinski definition) is 0. The number of carbonyl (C=O) groups is 1. The fourth-order valence-corrected chi connectivity index (χ4v) is 1.56. The van der Waals surface area contributed by atoms with Gasteiger partial charge in [0.25, 0.3) is 0 Å². The van der Waals surface area contributed by atoms with Gasteiger partial charge in [0.05, 0.1) is 6.26 Å². The standard InChI is InChI=1S/C12H18O2/c1-2-3-4-7-12-11(6-5-9-13)8-10-14-12/h8-10H,2-7H2,1H3. The largest absolute Gasteiger partial charge is 0.469 e. The molecule has 0 saturated carbocycles. The molecule has 0 N–H and O–H groups in total. The molecule has 0 aliphatic heterocycles. The lowest BCUT2D eigenvalue weighted by Gasteiger charge is -1.99. The van der Waals surface area contributed by atoms with Crippen molar-refractivity contribution in [3.05, 3.63) is 23.7 Å². The fourth-order valence-electron chi connectivity index (χ4n) is 1.56. The van der Waals surface area contributed by atoms with Crippen molar-refractivity contribution in [1.29, 1.82) is 0 Å². The van der Waals surface area contributed by atoms with Gasteiger partial charge in [-0.1, -0.05) is 19.8 Å². The highest BCUT2D eigenvalue weighted by Crippen LogP contribution is 2.15. The Bertz CT molecular complexity index is 263. The van der Waals surface area contributed by atoms with Crippen molar-refractivity contribution < 1.29 is 9.21 Å². The van der Waals surface area contributed by atoms with E-state index in [1.807, 2.05) is 6.07 Å². The van der Waals surface area contributed by atoms with Gasteiger partial charge < -0.3 is 9.21 Å². The highest BCUT2D eigenvalue weighted by Gasteiger charge is 2.04. The van der Waals surface area contributed by atoms with Gasteiger partial charge in [0.15, 0.2) is 0 Å².